The molecule has 0 aliphatic heterocycles. The van der Waals surface area contributed by atoms with Crippen LogP contribution in [0.15, 0.2) is 29.6 Å². The predicted molar refractivity (Wildman–Crippen MR) is 93.8 cm³/mol. The number of fused-ring (bicyclic) bond motifs is 1. The van der Waals surface area contributed by atoms with Gasteiger partial charge in [-0.05, 0) is 26.0 Å². The van der Waals surface area contributed by atoms with E-state index in [1.807, 2.05) is 6.92 Å². The summed E-state index contributed by atoms with van der Waals surface area (Å²) in [6.07, 6.45) is 1.61. The number of hydrogen-bond donors (Lipinski definition) is 1. The van der Waals surface area contributed by atoms with E-state index < -0.39 is 9.84 Å². The van der Waals surface area contributed by atoms with Crippen LogP contribution < -0.4 is 9.47 Å². The van der Waals surface area contributed by atoms with Gasteiger partial charge < -0.3 is 14.5 Å². The van der Waals surface area contributed by atoms with E-state index in [0.717, 1.165) is 5.56 Å². The van der Waals surface area contributed by atoms with Gasteiger partial charge in [-0.1, -0.05) is 0 Å². The van der Waals surface area contributed by atoms with Crippen LogP contribution in [0.5, 0.6) is 11.5 Å². The van der Waals surface area contributed by atoms with Crippen molar-refractivity contribution >= 4 is 20.9 Å². The number of hydrogen-bond acceptors (Lipinski definition) is 6. The molecule has 2 aromatic heterocycles. The maximum absolute atomic E-state index is 12.8. The van der Waals surface area contributed by atoms with Crippen LogP contribution in [0.4, 0.5) is 0 Å². The first-order valence-corrected chi connectivity index (χ1v) is 9.26. The van der Waals surface area contributed by atoms with Crippen molar-refractivity contribution in [2.24, 2.45) is 0 Å². The Bertz CT molecular complexity index is 1050. The van der Waals surface area contributed by atoms with Gasteiger partial charge in [-0.25, -0.2) is 13.4 Å². The van der Waals surface area contributed by atoms with Crippen molar-refractivity contribution in [3.63, 3.8) is 0 Å². The van der Waals surface area contributed by atoms with E-state index in [-0.39, 0.29) is 29.5 Å². The Morgan fingerprint density at radius 3 is 2.54 bits per heavy atom. The van der Waals surface area contributed by atoms with E-state index in [2.05, 4.69) is 15.0 Å². The number of ether oxygens (including phenoxy) is 2. The van der Waals surface area contributed by atoms with Gasteiger partial charge in [-0.3, -0.25) is 4.98 Å². The molecule has 137 valence electrons. The van der Waals surface area contributed by atoms with Gasteiger partial charge >= 0.3 is 0 Å². The quantitative estimate of drug-likeness (QED) is 0.692. The number of pyridine rings is 1. The van der Waals surface area contributed by atoms with Gasteiger partial charge in [0.1, 0.15) is 17.3 Å². The van der Waals surface area contributed by atoms with Crippen molar-refractivity contribution in [3.05, 3.63) is 41.2 Å². The van der Waals surface area contributed by atoms with E-state index in [1.54, 1.807) is 45.5 Å². The monoisotopic (exact) mass is 412 g/mol. The Morgan fingerprint density at radius 1 is 1.15 bits per heavy atom. The van der Waals surface area contributed by atoms with Crippen LogP contribution in [0.3, 0.4) is 0 Å². The van der Waals surface area contributed by atoms with Gasteiger partial charge in [0.2, 0.25) is 15.0 Å². The number of nitrogens with one attached hydrogen (secondary N) is 1. The van der Waals surface area contributed by atoms with Crippen molar-refractivity contribution in [3.8, 4) is 11.5 Å². The number of methoxy groups -OCH3 is 2. The smallest absolute Gasteiger partial charge is 0.226 e. The zero-order valence-electron chi connectivity index (χ0n) is 14.9. The summed E-state index contributed by atoms with van der Waals surface area (Å²) in [5.74, 6) is 1.02. The summed E-state index contributed by atoms with van der Waals surface area (Å²) < 4.78 is 36.0. The van der Waals surface area contributed by atoms with Crippen LogP contribution in [0.2, 0.25) is 0 Å². The topological polar surface area (TPSA) is 94.2 Å². The summed E-state index contributed by atoms with van der Waals surface area (Å²) >= 11 is 0. The van der Waals surface area contributed by atoms with Crippen molar-refractivity contribution in [1.82, 2.24) is 15.0 Å². The summed E-state index contributed by atoms with van der Waals surface area (Å²) in [6.45, 7) is 3.66. The Kier molecular flexibility index (Phi) is 6.00. The summed E-state index contributed by atoms with van der Waals surface area (Å²) in [5.41, 5.74) is 3.18. The summed E-state index contributed by atoms with van der Waals surface area (Å²) in [6, 6.07) is 5.15. The number of aromatic amines is 1. The molecule has 2 heterocycles. The fourth-order valence-electron chi connectivity index (χ4n) is 2.70. The maximum atomic E-state index is 12.8. The van der Waals surface area contributed by atoms with E-state index in [0.29, 0.717) is 33.8 Å². The number of imidazole rings is 1. The molecule has 0 aliphatic carbocycles. The molecule has 3 rings (SSSR count). The molecular weight excluding hydrogens is 393 g/mol. The number of nitrogens with zero attached hydrogens (tertiary/aromatic N) is 2. The number of H-pyrrole nitrogens is 1. The second-order valence-electron chi connectivity index (χ2n) is 5.73. The standard InChI is InChI=1S/C17H19N3O4S.V/c1-10-8-18-15(11(2)16(10)24-4)9-25(21,22)17-19-13-6-5-12(23-3)7-14(13)20-17;/h5-8H,9H2,1-4H3,(H,19,20);. The van der Waals surface area contributed by atoms with Crippen LogP contribution in [0, 0.1) is 13.8 Å². The zero-order valence-corrected chi connectivity index (χ0v) is 17.1. The largest absolute Gasteiger partial charge is 0.497 e. The molecule has 9 heteroatoms. The minimum atomic E-state index is -3.68. The zero-order chi connectivity index (χ0) is 18.2. The molecule has 0 saturated heterocycles. The van der Waals surface area contributed by atoms with Crippen LogP contribution in [0.25, 0.3) is 11.0 Å². The molecule has 1 aromatic carbocycles. The number of aromatic nitrogens is 3. The van der Waals surface area contributed by atoms with E-state index in [1.165, 1.54) is 0 Å². The number of aryl methyl sites for hydroxylation is 1. The average molecular weight is 412 g/mol. The molecule has 0 aliphatic rings. The first kappa shape index (κ1) is 20.3. The van der Waals surface area contributed by atoms with Gasteiger partial charge in [0.05, 0.1) is 30.9 Å². The number of sulfone groups is 1. The molecule has 0 atom stereocenters. The van der Waals surface area contributed by atoms with Gasteiger partial charge in [0.15, 0.2) is 0 Å². The first-order chi connectivity index (χ1) is 11.9. The van der Waals surface area contributed by atoms with Crippen molar-refractivity contribution < 1.29 is 36.4 Å². The molecule has 1 radical (unpaired) electrons. The normalized spacial score (nSPS) is 11.2. The second-order valence-corrected chi connectivity index (χ2v) is 7.64. The Balaban J connectivity index is 0.00000243. The van der Waals surface area contributed by atoms with Crippen molar-refractivity contribution in [2.75, 3.05) is 14.2 Å². The number of rotatable bonds is 5. The fourth-order valence-corrected chi connectivity index (χ4v) is 4.00. The predicted octanol–water partition coefficient (Wildman–Crippen LogP) is 2.56. The summed E-state index contributed by atoms with van der Waals surface area (Å²) in [5, 5.41) is -0.0866. The third kappa shape index (κ3) is 3.72. The minimum Gasteiger partial charge on any atom is -0.497 e. The van der Waals surface area contributed by atoms with E-state index in [9.17, 15) is 8.42 Å². The van der Waals surface area contributed by atoms with Crippen molar-refractivity contribution in [2.45, 2.75) is 24.8 Å². The molecule has 0 bridgehead atoms. The fraction of sp³-hybridized carbons (Fsp3) is 0.294. The maximum Gasteiger partial charge on any atom is 0.226 e. The summed E-state index contributed by atoms with van der Waals surface area (Å²) in [7, 11) is -0.575. The Labute approximate surface area is 164 Å². The molecule has 0 amide bonds. The van der Waals surface area contributed by atoms with Gasteiger partial charge in [-0.15, -0.1) is 0 Å². The SMILES string of the molecule is COc1ccc2nc(S(=O)(=O)Cc3ncc(C)c(OC)c3C)[nH]c2c1.[V]. The molecule has 0 spiro atoms. The second kappa shape index (κ2) is 7.69. The molecule has 1 N–H and O–H groups in total. The van der Waals surface area contributed by atoms with E-state index in [4.69, 9.17) is 9.47 Å². The van der Waals surface area contributed by atoms with Crippen LogP contribution in [0.1, 0.15) is 16.8 Å². The van der Waals surface area contributed by atoms with Gasteiger partial charge in [0.25, 0.3) is 0 Å². The van der Waals surface area contributed by atoms with E-state index >= 15 is 0 Å². The molecule has 0 unspecified atom stereocenters. The molecule has 3 aromatic rings. The first-order valence-electron chi connectivity index (χ1n) is 7.61. The molecule has 26 heavy (non-hydrogen) atoms. The van der Waals surface area contributed by atoms with Crippen LogP contribution >= 0.6 is 0 Å². The van der Waals surface area contributed by atoms with Crippen molar-refractivity contribution in [1.29, 1.82) is 0 Å². The third-order valence-corrected chi connectivity index (χ3v) is 5.47. The Hall–Kier alpha value is -2.03. The van der Waals surface area contributed by atoms with Crippen LogP contribution in [-0.4, -0.2) is 37.6 Å². The molecule has 0 saturated carbocycles. The molecule has 7 nitrogen and oxygen atoms in total. The summed E-state index contributed by atoms with van der Waals surface area (Å²) in [4.78, 5) is 11.3. The van der Waals surface area contributed by atoms with Gasteiger partial charge in [-0.2, -0.15) is 0 Å². The Morgan fingerprint density at radius 2 is 1.88 bits per heavy atom. The third-order valence-electron chi connectivity index (χ3n) is 4.04. The minimum absolute atomic E-state index is 0. The van der Waals surface area contributed by atoms with Gasteiger partial charge in [0, 0.05) is 41.9 Å². The van der Waals surface area contributed by atoms with Crippen LogP contribution in [-0.2, 0) is 34.1 Å². The molecule has 0 fully saturated rings. The number of benzene rings is 1. The average Bonchev–Trinajstić information content (AvgIpc) is 3.02. The molecular formula is C17H19N3O4SV.